The van der Waals surface area contributed by atoms with Crippen molar-refractivity contribution in [3.05, 3.63) is 23.9 Å². The van der Waals surface area contributed by atoms with Gasteiger partial charge in [-0.3, -0.25) is 4.90 Å². The third-order valence-corrected chi connectivity index (χ3v) is 4.24. The maximum Gasteiger partial charge on any atom is 0.213 e. The summed E-state index contributed by atoms with van der Waals surface area (Å²) in [6, 6.07) is 6.63. The van der Waals surface area contributed by atoms with Gasteiger partial charge in [-0.15, -0.1) is 0 Å². The van der Waals surface area contributed by atoms with Crippen molar-refractivity contribution in [2.24, 2.45) is 5.92 Å². The molecule has 0 spiro atoms. The Morgan fingerprint density at radius 1 is 1.40 bits per heavy atom. The first-order chi connectivity index (χ1) is 9.72. The van der Waals surface area contributed by atoms with E-state index in [4.69, 9.17) is 4.74 Å². The summed E-state index contributed by atoms with van der Waals surface area (Å²) in [6.45, 7) is 8.82. The van der Waals surface area contributed by atoms with Crippen LogP contribution in [0.2, 0.25) is 0 Å². The highest BCUT2D eigenvalue weighted by Gasteiger charge is 2.23. The van der Waals surface area contributed by atoms with E-state index in [1.165, 1.54) is 25.9 Å². The second kappa shape index (κ2) is 7.60. The second-order valence-electron chi connectivity index (χ2n) is 5.63. The zero-order valence-electron chi connectivity index (χ0n) is 12.9. The van der Waals surface area contributed by atoms with Crippen molar-refractivity contribution in [1.29, 1.82) is 0 Å². The number of ether oxygens (including phenoxy) is 1. The molecule has 2 heterocycles. The van der Waals surface area contributed by atoms with Gasteiger partial charge in [-0.2, -0.15) is 0 Å². The number of nitrogens with zero attached hydrogens (tertiary/aromatic N) is 2. The van der Waals surface area contributed by atoms with Crippen molar-refractivity contribution < 1.29 is 4.74 Å². The van der Waals surface area contributed by atoms with Gasteiger partial charge in [0.05, 0.1) is 12.8 Å². The Morgan fingerprint density at radius 2 is 2.15 bits per heavy atom. The number of pyridine rings is 1. The van der Waals surface area contributed by atoms with Crippen molar-refractivity contribution in [2.75, 3.05) is 26.7 Å². The molecule has 0 amide bonds. The largest absolute Gasteiger partial charge is 0.481 e. The molecule has 1 fully saturated rings. The summed E-state index contributed by atoms with van der Waals surface area (Å²) in [5.74, 6) is 1.52. The third-order valence-electron chi connectivity index (χ3n) is 4.24. The first kappa shape index (κ1) is 15.3. The number of nitrogens with one attached hydrogen (secondary N) is 1. The molecule has 0 aliphatic carbocycles. The van der Waals surface area contributed by atoms with Crippen LogP contribution in [0.4, 0.5) is 0 Å². The lowest BCUT2D eigenvalue weighted by molar-refractivity contribution is 0.155. The minimum atomic E-state index is 0.636. The maximum absolute atomic E-state index is 5.18. The number of hydrogen-bond donors (Lipinski definition) is 1. The van der Waals surface area contributed by atoms with E-state index in [9.17, 15) is 0 Å². The molecule has 2 rings (SSSR count). The van der Waals surface area contributed by atoms with E-state index < -0.39 is 0 Å². The Morgan fingerprint density at radius 3 is 2.80 bits per heavy atom. The number of aromatic nitrogens is 1. The van der Waals surface area contributed by atoms with E-state index >= 15 is 0 Å². The Hall–Kier alpha value is -1.13. The van der Waals surface area contributed by atoms with Crippen LogP contribution < -0.4 is 10.1 Å². The molecule has 1 saturated heterocycles. The van der Waals surface area contributed by atoms with Crippen LogP contribution in [0.5, 0.6) is 5.88 Å². The molecule has 1 N–H and O–H groups in total. The van der Waals surface area contributed by atoms with Gasteiger partial charge in [-0.05, 0) is 51.4 Å². The van der Waals surface area contributed by atoms with E-state index in [1.807, 2.05) is 12.1 Å². The zero-order chi connectivity index (χ0) is 14.4. The van der Waals surface area contributed by atoms with Gasteiger partial charge in [0.1, 0.15) is 0 Å². The highest BCUT2D eigenvalue weighted by atomic mass is 16.5. The SMILES string of the molecule is CCNC(C)C1CCN(Cc2cccc(OC)n2)CC1. The van der Waals surface area contributed by atoms with E-state index in [-0.39, 0.29) is 0 Å². The summed E-state index contributed by atoms with van der Waals surface area (Å²) in [5, 5.41) is 3.55. The first-order valence-electron chi connectivity index (χ1n) is 7.68. The lowest BCUT2D eigenvalue weighted by atomic mass is 9.90. The smallest absolute Gasteiger partial charge is 0.213 e. The Balaban J connectivity index is 1.82. The van der Waals surface area contributed by atoms with Gasteiger partial charge in [-0.1, -0.05) is 13.0 Å². The fourth-order valence-corrected chi connectivity index (χ4v) is 2.99. The van der Waals surface area contributed by atoms with Gasteiger partial charge < -0.3 is 10.1 Å². The summed E-state index contributed by atoms with van der Waals surface area (Å²) in [4.78, 5) is 6.99. The number of hydrogen-bond acceptors (Lipinski definition) is 4. The minimum absolute atomic E-state index is 0.636. The normalized spacial score (nSPS) is 18.9. The highest BCUT2D eigenvalue weighted by Crippen LogP contribution is 2.22. The number of likely N-dealkylation sites (tertiary alicyclic amines) is 1. The Kier molecular flexibility index (Phi) is 5.80. The van der Waals surface area contributed by atoms with E-state index in [0.717, 1.165) is 24.7 Å². The number of piperidine rings is 1. The van der Waals surface area contributed by atoms with Crippen LogP contribution in [0, 0.1) is 5.92 Å². The lowest BCUT2D eigenvalue weighted by Gasteiger charge is -2.35. The quantitative estimate of drug-likeness (QED) is 0.866. The molecule has 1 atom stereocenters. The molecule has 0 bridgehead atoms. The zero-order valence-corrected chi connectivity index (χ0v) is 12.9. The molecule has 20 heavy (non-hydrogen) atoms. The monoisotopic (exact) mass is 277 g/mol. The predicted molar refractivity (Wildman–Crippen MR) is 81.9 cm³/mol. The van der Waals surface area contributed by atoms with Crippen molar-refractivity contribution in [3.8, 4) is 5.88 Å². The van der Waals surface area contributed by atoms with Gasteiger partial charge in [0, 0.05) is 18.7 Å². The lowest BCUT2D eigenvalue weighted by Crippen LogP contribution is -2.41. The fourth-order valence-electron chi connectivity index (χ4n) is 2.99. The molecule has 0 aromatic carbocycles. The van der Waals surface area contributed by atoms with E-state index in [0.29, 0.717) is 11.9 Å². The van der Waals surface area contributed by atoms with Gasteiger partial charge in [0.2, 0.25) is 5.88 Å². The molecule has 1 aromatic rings. The minimum Gasteiger partial charge on any atom is -0.481 e. The highest BCUT2D eigenvalue weighted by molar-refractivity contribution is 5.15. The molecule has 1 unspecified atom stereocenters. The Labute approximate surface area is 122 Å². The molecule has 0 radical (unpaired) electrons. The van der Waals surface area contributed by atoms with Gasteiger partial charge in [-0.25, -0.2) is 4.98 Å². The molecular weight excluding hydrogens is 250 g/mol. The van der Waals surface area contributed by atoms with Crippen LogP contribution in [-0.4, -0.2) is 42.7 Å². The van der Waals surface area contributed by atoms with E-state index in [2.05, 4.69) is 35.1 Å². The van der Waals surface area contributed by atoms with E-state index in [1.54, 1.807) is 7.11 Å². The van der Waals surface area contributed by atoms with Crippen LogP contribution in [-0.2, 0) is 6.54 Å². The molecule has 1 aromatic heterocycles. The molecule has 4 nitrogen and oxygen atoms in total. The number of rotatable bonds is 6. The second-order valence-corrected chi connectivity index (χ2v) is 5.63. The molecular formula is C16H27N3O. The first-order valence-corrected chi connectivity index (χ1v) is 7.68. The van der Waals surface area contributed by atoms with Gasteiger partial charge >= 0.3 is 0 Å². The molecule has 4 heteroatoms. The fraction of sp³-hybridized carbons (Fsp3) is 0.688. The maximum atomic E-state index is 5.18. The standard InChI is InChI=1S/C16H27N3O/c1-4-17-13(2)14-8-10-19(11-9-14)12-15-6-5-7-16(18-15)20-3/h5-7,13-14,17H,4,8-12H2,1-3H3. The van der Waals surface area contributed by atoms with Crippen LogP contribution in [0.25, 0.3) is 0 Å². The molecule has 112 valence electrons. The molecule has 0 saturated carbocycles. The van der Waals surface area contributed by atoms with Crippen molar-refractivity contribution in [2.45, 2.75) is 39.3 Å². The summed E-state index contributed by atoms with van der Waals surface area (Å²) in [6.07, 6.45) is 2.55. The summed E-state index contributed by atoms with van der Waals surface area (Å²) >= 11 is 0. The molecule has 1 aliphatic heterocycles. The summed E-state index contributed by atoms with van der Waals surface area (Å²) in [5.41, 5.74) is 1.10. The van der Waals surface area contributed by atoms with Gasteiger partial charge in [0.15, 0.2) is 0 Å². The van der Waals surface area contributed by atoms with Crippen LogP contribution in [0.3, 0.4) is 0 Å². The van der Waals surface area contributed by atoms with Gasteiger partial charge in [0.25, 0.3) is 0 Å². The average Bonchev–Trinajstić information content (AvgIpc) is 2.48. The van der Waals surface area contributed by atoms with Crippen LogP contribution in [0.1, 0.15) is 32.4 Å². The van der Waals surface area contributed by atoms with Crippen LogP contribution >= 0.6 is 0 Å². The Bertz CT molecular complexity index is 402. The topological polar surface area (TPSA) is 37.4 Å². The molecule has 1 aliphatic rings. The third kappa shape index (κ3) is 4.18. The van der Waals surface area contributed by atoms with Crippen LogP contribution in [0.15, 0.2) is 18.2 Å². The van der Waals surface area contributed by atoms with Crippen molar-refractivity contribution in [3.63, 3.8) is 0 Å². The van der Waals surface area contributed by atoms with Crippen molar-refractivity contribution >= 4 is 0 Å². The summed E-state index contributed by atoms with van der Waals surface area (Å²) in [7, 11) is 1.67. The summed E-state index contributed by atoms with van der Waals surface area (Å²) < 4.78 is 5.18. The van der Waals surface area contributed by atoms with Crippen molar-refractivity contribution in [1.82, 2.24) is 15.2 Å². The predicted octanol–water partition coefficient (Wildman–Crippen LogP) is 2.30. The average molecular weight is 277 g/mol. The number of methoxy groups -OCH3 is 1.